The molecule has 3 atom stereocenters. The summed E-state index contributed by atoms with van der Waals surface area (Å²) in [5, 5.41) is 35.7. The van der Waals surface area contributed by atoms with E-state index < -0.39 is 53.2 Å². The molecular weight excluding hydrogens is 988 g/mol. The van der Waals surface area contributed by atoms with Crippen molar-refractivity contribution in [1.29, 1.82) is 10.5 Å². The lowest BCUT2D eigenvalue weighted by atomic mass is 10.1. The van der Waals surface area contributed by atoms with Gasteiger partial charge in [-0.1, -0.05) is 0 Å². The molecular formula is C53H71FN10O12. The molecule has 23 heteroatoms. The number of nitrogens with zero attached hydrogens (tertiary/aromatic N) is 4. The summed E-state index contributed by atoms with van der Waals surface area (Å²) in [4.78, 5) is 95.1. The number of hydrogen-bond acceptors (Lipinski definition) is 16. The number of anilines is 1. The first-order valence-electron chi connectivity index (χ1n) is 25.5. The Balaban J connectivity index is 1.11. The Hall–Kier alpha value is -7.47. The maximum absolute atomic E-state index is 13.8. The van der Waals surface area contributed by atoms with Crippen LogP contribution >= 0.6 is 0 Å². The van der Waals surface area contributed by atoms with Crippen molar-refractivity contribution in [2.45, 2.75) is 109 Å². The molecule has 4 rings (SSSR count). The number of unbranched alkanes of at least 4 members (excludes halogenated alkanes) is 2. The van der Waals surface area contributed by atoms with Crippen molar-refractivity contribution in [3.63, 3.8) is 0 Å². The maximum Gasteiger partial charge on any atom is 0.329 e. The van der Waals surface area contributed by atoms with Gasteiger partial charge in [-0.3, -0.25) is 33.8 Å². The molecule has 76 heavy (non-hydrogen) atoms. The Morgan fingerprint density at radius 1 is 0.803 bits per heavy atom. The van der Waals surface area contributed by atoms with Crippen molar-refractivity contribution >= 4 is 58.0 Å². The number of nitrogens with one attached hydrogen (secondary N) is 6. The smallest absolute Gasteiger partial charge is 0.329 e. The molecule has 1 aliphatic heterocycles. The largest absolute Gasteiger partial charge is 0.484 e. The molecule has 22 nitrogen and oxygen atoms in total. The number of fused-ring (bicyclic) bond motifs is 1. The van der Waals surface area contributed by atoms with Crippen molar-refractivity contribution in [1.82, 2.24) is 36.5 Å². The van der Waals surface area contributed by atoms with Gasteiger partial charge >= 0.3 is 5.97 Å². The van der Waals surface area contributed by atoms with Gasteiger partial charge in [0.25, 0.3) is 11.8 Å². The van der Waals surface area contributed by atoms with E-state index in [1.165, 1.54) is 42.3 Å². The van der Waals surface area contributed by atoms with Gasteiger partial charge in [-0.25, -0.2) is 9.18 Å². The summed E-state index contributed by atoms with van der Waals surface area (Å²) in [5.41, 5.74) is 0.411. The fourth-order valence-corrected chi connectivity index (χ4v) is 7.73. The molecule has 1 saturated heterocycles. The SMILES string of the molecule is CC(=O)NCCCC[C@H](NC(=O)[C@H](CCCCNc1ccc(F)c(C#N)c1)NC(=O)CCOCCOCCOCCNC(=O)COc1ccc2c(C(=O)NCC(=O)N3CCC[C@H]3C#N)ccnc2c1)C(=O)OC(C)(C)C. The summed E-state index contributed by atoms with van der Waals surface area (Å²) in [5.74, 6) is -3.24. The second-order valence-electron chi connectivity index (χ2n) is 18.7. The molecule has 0 bridgehead atoms. The van der Waals surface area contributed by atoms with E-state index in [1.807, 2.05) is 0 Å². The van der Waals surface area contributed by atoms with Gasteiger partial charge in [0.2, 0.25) is 23.6 Å². The Morgan fingerprint density at radius 2 is 1.51 bits per heavy atom. The second-order valence-corrected chi connectivity index (χ2v) is 18.7. The lowest BCUT2D eigenvalue weighted by molar-refractivity contribution is -0.159. The number of benzene rings is 2. The highest BCUT2D eigenvalue weighted by Crippen LogP contribution is 2.23. The van der Waals surface area contributed by atoms with E-state index in [9.17, 15) is 43.2 Å². The minimum Gasteiger partial charge on any atom is -0.484 e. The molecule has 0 aliphatic carbocycles. The van der Waals surface area contributed by atoms with Crippen LogP contribution in [0.5, 0.6) is 5.75 Å². The van der Waals surface area contributed by atoms with Crippen LogP contribution in [0.4, 0.5) is 10.1 Å². The molecule has 1 fully saturated rings. The third-order valence-electron chi connectivity index (χ3n) is 11.5. The van der Waals surface area contributed by atoms with Crippen LogP contribution in [-0.4, -0.2) is 154 Å². The Kier molecular flexibility index (Phi) is 26.3. The lowest BCUT2D eigenvalue weighted by Gasteiger charge is -2.26. The predicted molar refractivity (Wildman–Crippen MR) is 276 cm³/mol. The third kappa shape index (κ3) is 22.6. The van der Waals surface area contributed by atoms with Gasteiger partial charge in [-0.05, 0) is 109 Å². The van der Waals surface area contributed by atoms with Crippen LogP contribution in [0.2, 0.25) is 0 Å². The summed E-state index contributed by atoms with van der Waals surface area (Å²) >= 11 is 0. The normalized spacial score (nSPS) is 13.8. The fourth-order valence-electron chi connectivity index (χ4n) is 7.73. The maximum atomic E-state index is 13.8. The number of nitriles is 2. The molecule has 1 aliphatic rings. The number of amides is 6. The minimum atomic E-state index is -1.00. The molecule has 0 saturated carbocycles. The number of rotatable bonds is 33. The van der Waals surface area contributed by atoms with Crippen molar-refractivity contribution in [2.75, 3.05) is 84.3 Å². The Labute approximate surface area is 442 Å². The quantitative estimate of drug-likeness (QED) is 0.0377. The number of carbonyl (C=O) groups excluding carboxylic acids is 7. The number of ether oxygens (including phenoxy) is 5. The summed E-state index contributed by atoms with van der Waals surface area (Å²) in [6, 6.07) is 12.0. The minimum absolute atomic E-state index is 0.0394. The van der Waals surface area contributed by atoms with E-state index in [-0.39, 0.29) is 102 Å². The van der Waals surface area contributed by atoms with Gasteiger partial charge in [0.05, 0.1) is 68.9 Å². The van der Waals surface area contributed by atoms with Gasteiger partial charge in [0, 0.05) is 62.9 Å². The molecule has 1 aromatic heterocycles. The average molecular weight is 1060 g/mol. The number of pyridine rings is 1. The lowest BCUT2D eigenvalue weighted by Crippen LogP contribution is -2.52. The van der Waals surface area contributed by atoms with E-state index in [2.05, 4.69) is 43.0 Å². The molecule has 0 radical (unpaired) electrons. The zero-order valence-corrected chi connectivity index (χ0v) is 43.8. The van der Waals surface area contributed by atoms with Crippen LogP contribution < -0.4 is 36.6 Å². The van der Waals surface area contributed by atoms with Crippen LogP contribution in [0.15, 0.2) is 48.7 Å². The number of carbonyl (C=O) groups is 7. The number of likely N-dealkylation sites (tertiary alicyclic amines) is 1. The first-order chi connectivity index (χ1) is 36.5. The monoisotopic (exact) mass is 1060 g/mol. The third-order valence-corrected chi connectivity index (χ3v) is 11.5. The summed E-state index contributed by atoms with van der Waals surface area (Å²) in [7, 11) is 0. The van der Waals surface area contributed by atoms with Gasteiger partial charge in [-0.2, -0.15) is 10.5 Å². The molecule has 2 heterocycles. The zero-order chi connectivity index (χ0) is 55.3. The highest BCUT2D eigenvalue weighted by Gasteiger charge is 2.31. The van der Waals surface area contributed by atoms with Crippen LogP contribution in [0, 0.1) is 28.5 Å². The van der Waals surface area contributed by atoms with Gasteiger partial charge in [0.15, 0.2) is 6.61 Å². The first-order valence-corrected chi connectivity index (χ1v) is 25.5. The number of hydrogen-bond donors (Lipinski definition) is 6. The molecule has 6 amide bonds. The van der Waals surface area contributed by atoms with Crippen molar-refractivity contribution in [2.24, 2.45) is 0 Å². The summed E-state index contributed by atoms with van der Waals surface area (Å²) in [6.45, 7) is 8.73. The molecule has 6 N–H and O–H groups in total. The van der Waals surface area contributed by atoms with Gasteiger partial charge < -0.3 is 60.5 Å². The summed E-state index contributed by atoms with van der Waals surface area (Å²) in [6.07, 6.45) is 5.32. The summed E-state index contributed by atoms with van der Waals surface area (Å²) < 4.78 is 41.7. The molecule has 3 aromatic rings. The number of aromatic nitrogens is 1. The van der Waals surface area contributed by atoms with E-state index in [0.717, 1.165) is 6.42 Å². The van der Waals surface area contributed by atoms with Gasteiger partial charge in [0.1, 0.15) is 41.4 Å². The van der Waals surface area contributed by atoms with E-state index in [0.29, 0.717) is 79.6 Å². The number of halogens is 1. The molecule has 0 unspecified atom stereocenters. The van der Waals surface area contributed by atoms with E-state index in [4.69, 9.17) is 28.9 Å². The number of esters is 1. The average Bonchev–Trinajstić information content (AvgIpc) is 3.88. The molecule has 412 valence electrons. The van der Waals surface area contributed by atoms with Crippen molar-refractivity contribution < 1.29 is 61.6 Å². The topological polar surface area (TPSA) is 302 Å². The van der Waals surface area contributed by atoms with Gasteiger partial charge in [-0.15, -0.1) is 0 Å². The van der Waals surface area contributed by atoms with Crippen LogP contribution in [0.25, 0.3) is 10.9 Å². The highest BCUT2D eigenvalue weighted by molar-refractivity contribution is 6.07. The van der Waals surface area contributed by atoms with Crippen LogP contribution in [0.3, 0.4) is 0 Å². The van der Waals surface area contributed by atoms with E-state index in [1.54, 1.807) is 45.0 Å². The predicted octanol–water partition coefficient (Wildman–Crippen LogP) is 3.32. The van der Waals surface area contributed by atoms with Crippen molar-refractivity contribution in [3.8, 4) is 17.9 Å². The standard InChI is InChI=1S/C53H71FN10O12/c1-36(65)57-19-7-6-12-45(52(71)76-53(2,3)4)63-51(70)44(11-5-8-20-58-38-13-16-43(54)37(30-38)32-55)62-47(66)18-24-72-26-28-74-29-27-73-25-22-60-48(67)35-75-40-14-15-41-42(17-21-59-46(41)31-40)50(69)61-34-49(68)64-23-9-10-39(64)33-56/h13-17,21,30-31,39,44-45,58H,5-12,18-20,22-29,34-35H2,1-4H3,(H,57,65)(H,60,67)(H,61,69)(H,62,66)(H,63,70)/t39-,44-,45-/m0/s1. The second kappa shape index (κ2) is 32.8. The van der Waals surface area contributed by atoms with Crippen molar-refractivity contribution in [3.05, 3.63) is 65.6 Å². The highest BCUT2D eigenvalue weighted by atomic mass is 19.1. The molecule has 0 spiro atoms. The zero-order valence-electron chi connectivity index (χ0n) is 43.8. The van der Waals surface area contributed by atoms with Crippen LogP contribution in [-0.2, 0) is 47.7 Å². The first kappa shape index (κ1) is 61.1. The van der Waals surface area contributed by atoms with E-state index >= 15 is 0 Å². The Bertz CT molecular complexity index is 2510. The Morgan fingerprint density at radius 3 is 2.22 bits per heavy atom. The van der Waals surface area contributed by atoms with Crippen LogP contribution in [0.1, 0.15) is 101 Å². The fraction of sp³-hybridized carbons (Fsp3) is 0.547. The molecule has 2 aromatic carbocycles.